The first kappa shape index (κ1) is 19.8. The zero-order valence-corrected chi connectivity index (χ0v) is 16.9. The van der Waals surface area contributed by atoms with E-state index in [0.29, 0.717) is 20.7 Å². The summed E-state index contributed by atoms with van der Waals surface area (Å²) in [7, 11) is 1.32. The molecule has 0 spiro atoms. The van der Waals surface area contributed by atoms with E-state index in [1.165, 1.54) is 35.8 Å². The molecule has 1 aromatic heterocycles. The number of carbonyl (C=O) groups excluding carboxylic acids is 2. The molecular weight excluding hydrogens is 396 g/mol. The summed E-state index contributed by atoms with van der Waals surface area (Å²) >= 11 is 2.70. The Bertz CT molecular complexity index is 956. The monoisotopic (exact) mass is 414 g/mol. The highest BCUT2D eigenvalue weighted by Crippen LogP contribution is 2.27. The van der Waals surface area contributed by atoms with E-state index in [1.54, 1.807) is 24.3 Å². The fourth-order valence-corrected chi connectivity index (χ4v) is 3.78. The number of rotatable bonds is 7. The number of benzene rings is 2. The Morgan fingerprint density at radius 3 is 2.39 bits per heavy atom. The van der Waals surface area contributed by atoms with Gasteiger partial charge in [0.25, 0.3) is 0 Å². The van der Waals surface area contributed by atoms with Crippen LogP contribution >= 0.6 is 23.1 Å². The number of hydrogen-bond acceptors (Lipinski definition) is 8. The van der Waals surface area contributed by atoms with Gasteiger partial charge in [-0.15, -0.1) is 10.2 Å². The SMILES string of the molecule is COC(=O)c1ccc(NC(=O)CSc2nnc(Nc3ccc(C)cc3)s2)cc1. The standard InChI is InChI=1S/C19H18N4O3S2/c1-12-3-7-15(8-4-12)21-18-22-23-19(28-18)27-11-16(24)20-14-9-5-13(6-10-14)17(25)26-2/h3-10H,11H2,1-2H3,(H,20,24)(H,21,22). The summed E-state index contributed by atoms with van der Waals surface area (Å²) in [6.07, 6.45) is 0. The van der Waals surface area contributed by atoms with E-state index in [0.717, 1.165) is 5.69 Å². The molecule has 0 radical (unpaired) electrons. The van der Waals surface area contributed by atoms with Gasteiger partial charge in [-0.3, -0.25) is 4.79 Å². The van der Waals surface area contributed by atoms with Crippen LogP contribution in [0.1, 0.15) is 15.9 Å². The van der Waals surface area contributed by atoms with Gasteiger partial charge in [0.15, 0.2) is 4.34 Å². The molecule has 28 heavy (non-hydrogen) atoms. The van der Waals surface area contributed by atoms with Gasteiger partial charge in [0, 0.05) is 11.4 Å². The van der Waals surface area contributed by atoms with Crippen molar-refractivity contribution in [1.29, 1.82) is 0 Å². The highest BCUT2D eigenvalue weighted by atomic mass is 32.2. The highest BCUT2D eigenvalue weighted by Gasteiger charge is 2.10. The van der Waals surface area contributed by atoms with Gasteiger partial charge in [0.2, 0.25) is 11.0 Å². The van der Waals surface area contributed by atoms with Gasteiger partial charge in [0.05, 0.1) is 18.4 Å². The van der Waals surface area contributed by atoms with E-state index in [-0.39, 0.29) is 11.7 Å². The van der Waals surface area contributed by atoms with E-state index in [4.69, 9.17) is 0 Å². The Kier molecular flexibility index (Phi) is 6.62. The third-order valence-electron chi connectivity index (χ3n) is 3.63. The van der Waals surface area contributed by atoms with Crippen molar-refractivity contribution in [3.05, 3.63) is 59.7 Å². The van der Waals surface area contributed by atoms with E-state index in [2.05, 4.69) is 25.6 Å². The first-order valence-electron chi connectivity index (χ1n) is 8.32. The second kappa shape index (κ2) is 9.34. The van der Waals surface area contributed by atoms with E-state index in [1.807, 2.05) is 31.2 Å². The number of ether oxygens (including phenoxy) is 1. The predicted molar refractivity (Wildman–Crippen MR) is 112 cm³/mol. The van der Waals surface area contributed by atoms with Gasteiger partial charge >= 0.3 is 5.97 Å². The Labute approximate surface area is 170 Å². The van der Waals surface area contributed by atoms with Crippen LogP contribution in [0, 0.1) is 6.92 Å². The van der Waals surface area contributed by atoms with Crippen LogP contribution in [0.3, 0.4) is 0 Å². The summed E-state index contributed by atoms with van der Waals surface area (Å²) in [5.41, 5.74) is 3.16. The lowest BCUT2D eigenvalue weighted by molar-refractivity contribution is -0.113. The fraction of sp³-hybridized carbons (Fsp3) is 0.158. The van der Waals surface area contributed by atoms with Crippen molar-refractivity contribution in [2.24, 2.45) is 0 Å². The van der Waals surface area contributed by atoms with Gasteiger partial charge in [-0.2, -0.15) is 0 Å². The highest BCUT2D eigenvalue weighted by molar-refractivity contribution is 8.01. The molecule has 0 atom stereocenters. The molecule has 144 valence electrons. The molecule has 0 saturated heterocycles. The Hall–Kier alpha value is -2.91. The van der Waals surface area contributed by atoms with E-state index in [9.17, 15) is 9.59 Å². The maximum absolute atomic E-state index is 12.1. The fourth-order valence-electron chi connectivity index (χ4n) is 2.21. The van der Waals surface area contributed by atoms with Gasteiger partial charge in [0.1, 0.15) is 0 Å². The number of thioether (sulfide) groups is 1. The zero-order chi connectivity index (χ0) is 19.9. The lowest BCUT2D eigenvalue weighted by Gasteiger charge is -2.05. The van der Waals surface area contributed by atoms with Crippen LogP contribution in [0.5, 0.6) is 0 Å². The van der Waals surface area contributed by atoms with Crippen LogP contribution in [-0.2, 0) is 9.53 Å². The van der Waals surface area contributed by atoms with Gasteiger partial charge < -0.3 is 15.4 Å². The molecule has 2 N–H and O–H groups in total. The molecule has 0 aliphatic rings. The molecule has 0 fully saturated rings. The first-order valence-corrected chi connectivity index (χ1v) is 10.1. The molecule has 7 nitrogen and oxygen atoms in total. The molecule has 0 saturated carbocycles. The number of nitrogens with zero attached hydrogens (tertiary/aromatic N) is 2. The van der Waals surface area contributed by atoms with Gasteiger partial charge in [-0.25, -0.2) is 4.79 Å². The maximum Gasteiger partial charge on any atom is 0.337 e. The minimum Gasteiger partial charge on any atom is -0.465 e. The van der Waals surface area contributed by atoms with E-state index < -0.39 is 5.97 Å². The number of amides is 1. The van der Waals surface area contributed by atoms with Crippen LogP contribution in [0.4, 0.5) is 16.5 Å². The number of aromatic nitrogens is 2. The third kappa shape index (κ3) is 5.54. The molecule has 0 aliphatic heterocycles. The summed E-state index contributed by atoms with van der Waals surface area (Å²) in [6, 6.07) is 14.5. The normalized spacial score (nSPS) is 10.4. The van der Waals surface area contributed by atoms with Crippen LogP contribution in [0.25, 0.3) is 0 Å². The van der Waals surface area contributed by atoms with Crippen molar-refractivity contribution in [3.8, 4) is 0 Å². The van der Waals surface area contributed by atoms with Crippen molar-refractivity contribution in [2.45, 2.75) is 11.3 Å². The minimum atomic E-state index is -0.417. The predicted octanol–water partition coefficient (Wildman–Crippen LogP) is 4.11. The molecule has 1 heterocycles. The largest absolute Gasteiger partial charge is 0.465 e. The smallest absolute Gasteiger partial charge is 0.337 e. The Morgan fingerprint density at radius 2 is 1.71 bits per heavy atom. The number of nitrogens with one attached hydrogen (secondary N) is 2. The van der Waals surface area contributed by atoms with Crippen LogP contribution in [-0.4, -0.2) is 34.9 Å². The average Bonchev–Trinajstić information content (AvgIpc) is 3.15. The number of hydrogen-bond donors (Lipinski definition) is 2. The average molecular weight is 415 g/mol. The second-order valence-electron chi connectivity index (χ2n) is 5.77. The second-order valence-corrected chi connectivity index (χ2v) is 7.97. The number of aryl methyl sites for hydroxylation is 1. The maximum atomic E-state index is 12.1. The lowest BCUT2D eigenvalue weighted by Crippen LogP contribution is -2.14. The molecule has 9 heteroatoms. The first-order chi connectivity index (χ1) is 13.5. The number of carbonyl (C=O) groups is 2. The van der Waals surface area contributed by atoms with Gasteiger partial charge in [-0.05, 0) is 43.3 Å². The lowest BCUT2D eigenvalue weighted by atomic mass is 10.2. The van der Waals surface area contributed by atoms with Crippen LogP contribution in [0.2, 0.25) is 0 Å². The summed E-state index contributed by atoms with van der Waals surface area (Å²) in [5.74, 6) is -0.378. The molecule has 0 unspecified atom stereocenters. The number of esters is 1. The molecule has 2 aromatic carbocycles. The summed E-state index contributed by atoms with van der Waals surface area (Å²) in [5, 5.41) is 14.8. The van der Waals surface area contributed by atoms with Crippen LogP contribution in [0.15, 0.2) is 52.9 Å². The molecular formula is C19H18N4O3S2. The van der Waals surface area contributed by atoms with Crippen molar-refractivity contribution < 1.29 is 14.3 Å². The topological polar surface area (TPSA) is 93.2 Å². The Morgan fingerprint density at radius 1 is 1.04 bits per heavy atom. The third-order valence-corrected chi connectivity index (χ3v) is 5.60. The molecule has 3 aromatic rings. The Balaban J connectivity index is 1.49. The quantitative estimate of drug-likeness (QED) is 0.444. The minimum absolute atomic E-state index is 0.168. The van der Waals surface area contributed by atoms with Crippen molar-refractivity contribution in [1.82, 2.24) is 10.2 Å². The summed E-state index contributed by atoms with van der Waals surface area (Å²) < 4.78 is 5.34. The van der Waals surface area contributed by atoms with Crippen molar-refractivity contribution >= 4 is 51.5 Å². The summed E-state index contributed by atoms with van der Waals surface area (Å²) in [6.45, 7) is 2.03. The van der Waals surface area contributed by atoms with Crippen LogP contribution < -0.4 is 10.6 Å². The summed E-state index contributed by atoms with van der Waals surface area (Å²) in [4.78, 5) is 23.5. The molecule has 3 rings (SSSR count). The van der Waals surface area contributed by atoms with Crippen molar-refractivity contribution in [3.63, 3.8) is 0 Å². The molecule has 0 bridgehead atoms. The van der Waals surface area contributed by atoms with Crippen molar-refractivity contribution in [2.75, 3.05) is 23.5 Å². The number of methoxy groups -OCH3 is 1. The molecule has 0 aliphatic carbocycles. The van der Waals surface area contributed by atoms with Gasteiger partial charge in [-0.1, -0.05) is 40.8 Å². The molecule has 1 amide bonds. The zero-order valence-electron chi connectivity index (χ0n) is 15.3. The van der Waals surface area contributed by atoms with E-state index >= 15 is 0 Å². The number of anilines is 3.